The van der Waals surface area contributed by atoms with Crippen LogP contribution in [0.4, 0.5) is 0 Å². The lowest BCUT2D eigenvalue weighted by atomic mass is 10.1. The van der Waals surface area contributed by atoms with Crippen LogP contribution in [0.1, 0.15) is 19.4 Å². The Labute approximate surface area is 151 Å². The van der Waals surface area contributed by atoms with E-state index >= 15 is 0 Å². The fourth-order valence-electron chi connectivity index (χ4n) is 3.03. The summed E-state index contributed by atoms with van der Waals surface area (Å²) in [6.45, 7) is 5.53. The molecule has 0 unspecified atom stereocenters. The van der Waals surface area contributed by atoms with E-state index in [1.54, 1.807) is 20.3 Å². The van der Waals surface area contributed by atoms with Gasteiger partial charge in [0.05, 0.1) is 31.3 Å². The van der Waals surface area contributed by atoms with E-state index < -0.39 is 0 Å². The summed E-state index contributed by atoms with van der Waals surface area (Å²) in [6.07, 6.45) is 2.04. The number of ether oxygens (including phenoxy) is 3. The van der Waals surface area contributed by atoms with E-state index in [-0.39, 0.29) is 18.1 Å². The first-order valence-electron chi connectivity index (χ1n) is 8.15. The molecule has 2 heterocycles. The normalized spacial score (nSPS) is 25.3. The van der Waals surface area contributed by atoms with Crippen LogP contribution in [0.2, 0.25) is 0 Å². The highest BCUT2D eigenvalue weighted by molar-refractivity contribution is 8.18. The van der Waals surface area contributed by atoms with Crippen LogP contribution in [0.5, 0.6) is 11.5 Å². The van der Waals surface area contributed by atoms with Crippen LogP contribution in [-0.2, 0) is 9.53 Å². The number of methoxy groups -OCH3 is 2. The Kier molecular flexibility index (Phi) is 5.34. The van der Waals surface area contributed by atoms with Crippen molar-refractivity contribution in [1.29, 1.82) is 0 Å². The predicted molar refractivity (Wildman–Crippen MR) is 99.1 cm³/mol. The molecule has 2 atom stereocenters. The number of amidine groups is 1. The number of para-hydroxylation sites is 1. The highest BCUT2D eigenvalue weighted by atomic mass is 32.2. The van der Waals surface area contributed by atoms with Gasteiger partial charge >= 0.3 is 0 Å². The molecular weight excluding hydrogens is 340 g/mol. The van der Waals surface area contributed by atoms with Crippen molar-refractivity contribution in [3.8, 4) is 11.5 Å². The topological polar surface area (TPSA) is 60.4 Å². The maximum atomic E-state index is 12.3. The molecule has 1 aromatic carbocycles. The van der Waals surface area contributed by atoms with Crippen molar-refractivity contribution in [1.82, 2.24) is 4.90 Å². The number of carbonyl (C=O) groups is 1. The van der Waals surface area contributed by atoms with E-state index in [0.29, 0.717) is 16.4 Å². The van der Waals surface area contributed by atoms with Crippen molar-refractivity contribution in [2.45, 2.75) is 26.1 Å². The van der Waals surface area contributed by atoms with Gasteiger partial charge in [-0.25, -0.2) is 0 Å². The van der Waals surface area contributed by atoms with E-state index in [2.05, 4.69) is 9.89 Å². The van der Waals surface area contributed by atoms with Gasteiger partial charge in [0.2, 0.25) is 0 Å². The molecule has 2 aliphatic heterocycles. The van der Waals surface area contributed by atoms with Crippen LogP contribution in [-0.4, -0.2) is 55.5 Å². The van der Waals surface area contributed by atoms with Gasteiger partial charge in [-0.2, -0.15) is 4.99 Å². The molecule has 1 amide bonds. The van der Waals surface area contributed by atoms with Gasteiger partial charge in [-0.1, -0.05) is 12.1 Å². The van der Waals surface area contributed by atoms with Gasteiger partial charge in [0.25, 0.3) is 5.91 Å². The minimum absolute atomic E-state index is 0.119. The van der Waals surface area contributed by atoms with Gasteiger partial charge in [0.1, 0.15) is 0 Å². The maximum Gasteiger partial charge on any atom is 0.286 e. The first-order valence-corrected chi connectivity index (χ1v) is 8.97. The van der Waals surface area contributed by atoms with Gasteiger partial charge in [-0.15, -0.1) is 0 Å². The smallest absolute Gasteiger partial charge is 0.286 e. The molecule has 2 aliphatic rings. The van der Waals surface area contributed by atoms with Crippen LogP contribution in [0.3, 0.4) is 0 Å². The number of morpholine rings is 1. The fourth-order valence-corrected chi connectivity index (χ4v) is 3.96. The van der Waals surface area contributed by atoms with Crippen molar-refractivity contribution in [2.75, 3.05) is 27.3 Å². The molecule has 0 N–H and O–H groups in total. The summed E-state index contributed by atoms with van der Waals surface area (Å²) in [4.78, 5) is 19.3. The van der Waals surface area contributed by atoms with Crippen LogP contribution < -0.4 is 9.47 Å². The zero-order valence-electron chi connectivity index (χ0n) is 14.8. The third-order valence-corrected chi connectivity index (χ3v) is 5.06. The average Bonchev–Trinajstić information content (AvgIpc) is 2.94. The number of amides is 1. The number of hydrogen-bond donors (Lipinski definition) is 0. The Morgan fingerprint density at radius 1 is 1.24 bits per heavy atom. The average molecular weight is 362 g/mol. The van der Waals surface area contributed by atoms with Gasteiger partial charge < -0.3 is 19.1 Å². The number of thioether (sulfide) groups is 1. The molecule has 0 spiro atoms. The van der Waals surface area contributed by atoms with Crippen LogP contribution in [0.15, 0.2) is 28.1 Å². The Hall–Kier alpha value is -1.99. The van der Waals surface area contributed by atoms with Crippen molar-refractivity contribution in [2.24, 2.45) is 4.99 Å². The minimum atomic E-state index is -0.225. The summed E-state index contributed by atoms with van der Waals surface area (Å²) in [7, 11) is 3.17. The zero-order chi connectivity index (χ0) is 18.0. The molecule has 1 saturated heterocycles. The summed E-state index contributed by atoms with van der Waals surface area (Å²) >= 11 is 1.39. The SMILES string of the molecule is COc1cccc(/C=C2\SC(N3C[C@@H](C)O[C@@H](C)C3)=NC2=O)c1OC. The number of hydrogen-bond acceptors (Lipinski definition) is 6. The van der Waals surface area contributed by atoms with E-state index in [9.17, 15) is 4.79 Å². The van der Waals surface area contributed by atoms with E-state index in [1.807, 2.05) is 32.0 Å². The molecule has 25 heavy (non-hydrogen) atoms. The number of aliphatic imine (C=N–C) groups is 1. The molecule has 1 fully saturated rings. The molecular formula is C18H22N2O4S. The Morgan fingerprint density at radius 2 is 1.96 bits per heavy atom. The largest absolute Gasteiger partial charge is 0.493 e. The van der Waals surface area contributed by atoms with Gasteiger partial charge in [0, 0.05) is 18.7 Å². The Bertz CT molecular complexity index is 722. The second kappa shape index (κ2) is 7.49. The molecule has 0 radical (unpaired) electrons. The quantitative estimate of drug-likeness (QED) is 0.771. The Balaban J connectivity index is 1.82. The second-order valence-corrected chi connectivity index (χ2v) is 7.06. The molecule has 134 valence electrons. The molecule has 0 bridgehead atoms. The summed E-state index contributed by atoms with van der Waals surface area (Å²) in [5.41, 5.74) is 0.790. The van der Waals surface area contributed by atoms with E-state index in [0.717, 1.165) is 23.8 Å². The second-order valence-electron chi connectivity index (χ2n) is 6.06. The molecule has 7 heteroatoms. The van der Waals surface area contributed by atoms with Crippen LogP contribution in [0.25, 0.3) is 6.08 Å². The maximum absolute atomic E-state index is 12.3. The number of nitrogens with zero attached hydrogens (tertiary/aromatic N) is 2. The molecule has 6 nitrogen and oxygen atoms in total. The van der Waals surface area contributed by atoms with Crippen LogP contribution >= 0.6 is 11.8 Å². The summed E-state index contributed by atoms with van der Waals surface area (Å²) < 4.78 is 16.5. The highest BCUT2D eigenvalue weighted by Crippen LogP contribution is 2.36. The fraction of sp³-hybridized carbons (Fsp3) is 0.444. The third-order valence-electron chi connectivity index (χ3n) is 4.02. The lowest BCUT2D eigenvalue weighted by Gasteiger charge is -2.35. The first-order chi connectivity index (χ1) is 12.0. The monoisotopic (exact) mass is 362 g/mol. The van der Waals surface area contributed by atoms with Gasteiger partial charge in [-0.05, 0) is 37.8 Å². The van der Waals surface area contributed by atoms with Gasteiger partial charge in [0.15, 0.2) is 16.7 Å². The van der Waals surface area contributed by atoms with Crippen molar-refractivity contribution in [3.05, 3.63) is 28.7 Å². The summed E-state index contributed by atoms with van der Waals surface area (Å²) in [5, 5.41) is 0.736. The first kappa shape index (κ1) is 17.8. The number of rotatable bonds is 3. The van der Waals surface area contributed by atoms with Crippen LogP contribution in [0, 0.1) is 0 Å². The summed E-state index contributed by atoms with van der Waals surface area (Å²) in [5.74, 6) is 1.01. The predicted octanol–water partition coefficient (Wildman–Crippen LogP) is 2.78. The molecule has 3 rings (SSSR count). The van der Waals surface area contributed by atoms with Crippen molar-refractivity contribution in [3.63, 3.8) is 0 Å². The molecule has 1 aromatic rings. The number of carbonyl (C=O) groups excluding carboxylic acids is 1. The van der Waals surface area contributed by atoms with Crippen molar-refractivity contribution < 1.29 is 19.0 Å². The Morgan fingerprint density at radius 3 is 2.60 bits per heavy atom. The lowest BCUT2D eigenvalue weighted by Crippen LogP contribution is -2.47. The molecule has 0 saturated carbocycles. The minimum Gasteiger partial charge on any atom is -0.493 e. The third kappa shape index (κ3) is 3.82. The van der Waals surface area contributed by atoms with Crippen molar-refractivity contribution >= 4 is 28.9 Å². The standard InChI is InChI=1S/C18H22N2O4S/c1-11-9-20(10-12(2)24-11)18-19-17(21)15(25-18)8-13-6-5-7-14(22-3)16(13)23-4/h5-8,11-12H,9-10H2,1-4H3/b15-8-/t11-,12+. The zero-order valence-corrected chi connectivity index (χ0v) is 15.6. The van der Waals surface area contributed by atoms with E-state index in [4.69, 9.17) is 14.2 Å². The molecule has 0 aromatic heterocycles. The lowest BCUT2D eigenvalue weighted by molar-refractivity contribution is -0.113. The molecule has 0 aliphatic carbocycles. The van der Waals surface area contributed by atoms with E-state index in [1.165, 1.54) is 11.8 Å². The summed E-state index contributed by atoms with van der Waals surface area (Å²) in [6, 6.07) is 5.58. The van der Waals surface area contributed by atoms with Gasteiger partial charge in [-0.3, -0.25) is 4.79 Å². The highest BCUT2D eigenvalue weighted by Gasteiger charge is 2.31. The number of benzene rings is 1.